The Hall–Kier alpha value is -0.520. The van der Waals surface area contributed by atoms with Crippen LogP contribution in [0.5, 0.6) is 0 Å². The lowest BCUT2D eigenvalue weighted by molar-refractivity contribution is -0.141. The fourth-order valence-electron chi connectivity index (χ4n) is 1.92. The normalized spacial score (nSPS) is 18.0. The first-order chi connectivity index (χ1) is 7.02. The zero-order chi connectivity index (χ0) is 11.1. The quantitative estimate of drug-likeness (QED) is 0.859. The van der Waals surface area contributed by atoms with E-state index in [0.29, 0.717) is 12.1 Å². The Morgan fingerprint density at radius 2 is 1.94 bits per heavy atom. The lowest BCUT2D eigenvalue weighted by atomic mass is 10.1. The van der Waals surface area contributed by atoms with Gasteiger partial charge in [0.05, 0.1) is 0 Å². The molecular weight excluding hydrogens is 276 g/mol. The molecule has 1 heterocycles. The van der Waals surface area contributed by atoms with Crippen molar-refractivity contribution in [2.45, 2.75) is 25.1 Å². The summed E-state index contributed by atoms with van der Waals surface area (Å²) in [6.07, 6.45) is -2.91. The van der Waals surface area contributed by atoms with Gasteiger partial charge in [0, 0.05) is 11.7 Å². The van der Waals surface area contributed by atoms with Crippen LogP contribution >= 0.6 is 24.8 Å². The summed E-state index contributed by atoms with van der Waals surface area (Å²) in [5.41, 5.74) is 0.674. The van der Waals surface area contributed by atoms with E-state index in [9.17, 15) is 13.2 Å². The van der Waals surface area contributed by atoms with Gasteiger partial charge in [0.25, 0.3) is 0 Å². The summed E-state index contributed by atoms with van der Waals surface area (Å²) in [6.45, 7) is 0. The van der Waals surface area contributed by atoms with Crippen molar-refractivity contribution in [2.75, 3.05) is 7.05 Å². The van der Waals surface area contributed by atoms with Gasteiger partial charge in [-0.25, -0.2) is 4.98 Å². The van der Waals surface area contributed by atoms with Gasteiger partial charge in [0.1, 0.15) is 5.69 Å². The second-order valence-electron chi connectivity index (χ2n) is 3.61. The van der Waals surface area contributed by atoms with Crippen LogP contribution in [0, 0.1) is 0 Å². The molecule has 2 nitrogen and oxygen atoms in total. The molecule has 0 fully saturated rings. The third-order valence-electron chi connectivity index (χ3n) is 2.69. The van der Waals surface area contributed by atoms with Crippen molar-refractivity contribution in [3.63, 3.8) is 0 Å². The summed E-state index contributed by atoms with van der Waals surface area (Å²) < 4.78 is 37.1. The van der Waals surface area contributed by atoms with Crippen LogP contribution in [0.3, 0.4) is 0 Å². The minimum atomic E-state index is -4.34. The van der Waals surface area contributed by atoms with E-state index in [4.69, 9.17) is 0 Å². The second kappa shape index (κ2) is 5.89. The van der Waals surface area contributed by atoms with Crippen molar-refractivity contribution < 1.29 is 13.2 Å². The number of nitrogens with zero attached hydrogens (tertiary/aromatic N) is 1. The molecule has 0 spiro atoms. The van der Waals surface area contributed by atoms with E-state index in [-0.39, 0.29) is 30.9 Å². The van der Waals surface area contributed by atoms with Crippen LogP contribution in [0.25, 0.3) is 0 Å². The minimum Gasteiger partial charge on any atom is -0.313 e. The van der Waals surface area contributed by atoms with Crippen molar-refractivity contribution >= 4 is 24.8 Å². The van der Waals surface area contributed by atoms with E-state index in [1.54, 1.807) is 7.05 Å². The van der Waals surface area contributed by atoms with E-state index in [2.05, 4.69) is 10.3 Å². The smallest absolute Gasteiger partial charge is 0.313 e. The van der Waals surface area contributed by atoms with Crippen molar-refractivity contribution in [3.05, 3.63) is 29.1 Å². The van der Waals surface area contributed by atoms with Crippen LogP contribution in [0.15, 0.2) is 12.1 Å². The highest BCUT2D eigenvalue weighted by atomic mass is 35.5. The fourth-order valence-corrected chi connectivity index (χ4v) is 1.92. The van der Waals surface area contributed by atoms with E-state index in [1.807, 2.05) is 0 Å². The van der Waals surface area contributed by atoms with Crippen LogP contribution in [-0.4, -0.2) is 12.0 Å². The van der Waals surface area contributed by atoms with E-state index >= 15 is 0 Å². The molecule has 0 saturated carbocycles. The molecule has 0 saturated heterocycles. The highest BCUT2D eigenvalue weighted by Crippen LogP contribution is 2.33. The number of aromatic nitrogens is 1. The molecule has 1 aromatic heterocycles. The van der Waals surface area contributed by atoms with E-state index < -0.39 is 11.9 Å². The monoisotopic (exact) mass is 288 g/mol. The van der Waals surface area contributed by atoms with Crippen molar-refractivity contribution in [1.29, 1.82) is 0 Å². The Labute approximate surface area is 110 Å². The zero-order valence-corrected chi connectivity index (χ0v) is 10.7. The molecule has 0 aliphatic heterocycles. The second-order valence-corrected chi connectivity index (χ2v) is 3.61. The van der Waals surface area contributed by atoms with Gasteiger partial charge in [0.15, 0.2) is 0 Å². The first-order valence-electron chi connectivity index (χ1n) is 4.76. The van der Waals surface area contributed by atoms with Crippen molar-refractivity contribution in [1.82, 2.24) is 10.3 Å². The van der Waals surface area contributed by atoms with Gasteiger partial charge in [-0.3, -0.25) is 0 Å². The van der Waals surface area contributed by atoms with Gasteiger partial charge >= 0.3 is 6.18 Å². The maximum Gasteiger partial charge on any atom is 0.433 e. The Morgan fingerprint density at radius 1 is 1.29 bits per heavy atom. The molecule has 0 unspecified atom stereocenters. The summed E-state index contributed by atoms with van der Waals surface area (Å²) in [5, 5.41) is 3.06. The minimum absolute atomic E-state index is 0. The molecule has 1 aliphatic carbocycles. The number of fused-ring (bicyclic) bond motifs is 1. The van der Waals surface area contributed by atoms with Crippen molar-refractivity contribution in [2.24, 2.45) is 0 Å². The summed E-state index contributed by atoms with van der Waals surface area (Å²) in [4.78, 5) is 3.66. The van der Waals surface area contributed by atoms with Crippen molar-refractivity contribution in [3.8, 4) is 0 Å². The van der Waals surface area contributed by atoms with Gasteiger partial charge in [-0.05, 0) is 31.5 Å². The maximum atomic E-state index is 12.4. The first-order valence-corrected chi connectivity index (χ1v) is 4.76. The number of alkyl halides is 3. The topological polar surface area (TPSA) is 24.9 Å². The average Bonchev–Trinajstić information content (AvgIpc) is 2.58. The molecule has 1 aliphatic rings. The average molecular weight is 289 g/mol. The van der Waals surface area contributed by atoms with Gasteiger partial charge < -0.3 is 5.32 Å². The number of pyridine rings is 1. The molecule has 2 rings (SSSR count). The highest BCUT2D eigenvalue weighted by molar-refractivity contribution is 5.85. The fraction of sp³-hybridized carbons (Fsp3) is 0.500. The van der Waals surface area contributed by atoms with Crippen LogP contribution in [0.4, 0.5) is 13.2 Å². The molecule has 0 radical (unpaired) electrons. The van der Waals surface area contributed by atoms with Crippen LogP contribution in [0.2, 0.25) is 0 Å². The third kappa shape index (κ3) is 3.24. The predicted octanol–water partition coefficient (Wildman–Crippen LogP) is 3.15. The van der Waals surface area contributed by atoms with Crippen LogP contribution in [0.1, 0.15) is 29.4 Å². The Bertz CT molecular complexity index is 382. The summed E-state index contributed by atoms with van der Waals surface area (Å²) in [5.74, 6) is 0. The molecule has 0 amide bonds. The summed E-state index contributed by atoms with van der Waals surface area (Å²) in [7, 11) is 1.80. The van der Waals surface area contributed by atoms with Gasteiger partial charge in [-0.15, -0.1) is 24.8 Å². The molecule has 7 heteroatoms. The molecular formula is C10H13Cl2F3N2. The van der Waals surface area contributed by atoms with Gasteiger partial charge in [0.2, 0.25) is 0 Å². The summed E-state index contributed by atoms with van der Waals surface area (Å²) in [6, 6.07) is 2.73. The van der Waals surface area contributed by atoms with Gasteiger partial charge in [-0.2, -0.15) is 13.2 Å². The number of halogens is 5. The zero-order valence-electron chi connectivity index (χ0n) is 9.04. The lowest BCUT2D eigenvalue weighted by Crippen LogP contribution is -2.14. The Balaban J connectivity index is 0.00000128. The number of hydrogen-bond donors (Lipinski definition) is 1. The number of hydrogen-bond acceptors (Lipinski definition) is 2. The van der Waals surface area contributed by atoms with E-state index in [1.165, 1.54) is 6.07 Å². The van der Waals surface area contributed by atoms with Gasteiger partial charge in [-0.1, -0.05) is 6.07 Å². The predicted molar refractivity (Wildman–Crippen MR) is 63.9 cm³/mol. The summed E-state index contributed by atoms with van der Waals surface area (Å²) >= 11 is 0. The number of rotatable bonds is 1. The largest absolute Gasteiger partial charge is 0.433 e. The first kappa shape index (κ1) is 16.5. The molecule has 0 aromatic carbocycles. The molecule has 98 valence electrons. The molecule has 1 N–H and O–H groups in total. The highest BCUT2D eigenvalue weighted by Gasteiger charge is 2.34. The standard InChI is InChI=1S/C10H11F3N2.2ClH/c1-14-7-3-4-8-6(7)2-5-9(15-8)10(11,12)13;;/h2,5,7,14H,3-4H2,1H3;2*1H/t7-;;/m1../s1. The van der Waals surface area contributed by atoms with E-state index in [0.717, 1.165) is 18.1 Å². The number of aryl methyl sites for hydroxylation is 1. The Morgan fingerprint density at radius 3 is 2.47 bits per heavy atom. The Kier molecular flexibility index (Phi) is 5.71. The van der Waals surface area contributed by atoms with Crippen LogP contribution in [-0.2, 0) is 12.6 Å². The lowest BCUT2D eigenvalue weighted by Gasteiger charge is -2.11. The molecule has 0 bridgehead atoms. The maximum absolute atomic E-state index is 12.4. The SMILES string of the molecule is CN[C@@H]1CCc2nc(C(F)(F)F)ccc21.Cl.Cl. The number of nitrogens with one attached hydrogen (secondary N) is 1. The molecule has 1 aromatic rings. The molecule has 17 heavy (non-hydrogen) atoms. The third-order valence-corrected chi connectivity index (χ3v) is 2.69. The van der Waals surface area contributed by atoms with Crippen LogP contribution < -0.4 is 5.32 Å². The molecule has 1 atom stereocenters.